The summed E-state index contributed by atoms with van der Waals surface area (Å²) in [6.07, 6.45) is 1.53. The third kappa shape index (κ3) is 3.16. The minimum atomic E-state index is -0.474. The number of nitro groups is 1. The lowest BCUT2D eigenvalue weighted by atomic mass is 10.1. The molecular formula is C17H13N3O3. The molecule has 1 aliphatic rings. The van der Waals surface area contributed by atoms with Crippen molar-refractivity contribution in [2.45, 2.75) is 6.92 Å². The number of carbonyl (C=O) groups excluding carboxylic acids is 1. The van der Waals surface area contributed by atoms with Crippen LogP contribution in [0.4, 0.5) is 5.69 Å². The van der Waals surface area contributed by atoms with Crippen LogP contribution in [0.2, 0.25) is 0 Å². The van der Waals surface area contributed by atoms with Crippen LogP contribution in [0.15, 0.2) is 59.2 Å². The molecule has 0 fully saturated rings. The lowest BCUT2D eigenvalue weighted by molar-refractivity contribution is -0.384. The number of hydrogen-bond donors (Lipinski definition) is 1. The Bertz CT molecular complexity index is 852. The zero-order valence-corrected chi connectivity index (χ0v) is 12.3. The molecule has 0 radical (unpaired) electrons. The molecule has 0 unspecified atom stereocenters. The lowest BCUT2D eigenvalue weighted by Crippen LogP contribution is -2.24. The van der Waals surface area contributed by atoms with Gasteiger partial charge in [0.15, 0.2) is 0 Å². The highest BCUT2D eigenvalue weighted by atomic mass is 16.6. The van der Waals surface area contributed by atoms with Crippen molar-refractivity contribution in [1.29, 1.82) is 0 Å². The van der Waals surface area contributed by atoms with Crippen LogP contribution in [-0.4, -0.2) is 16.7 Å². The Morgan fingerprint density at radius 2 is 1.91 bits per heavy atom. The van der Waals surface area contributed by atoms with Gasteiger partial charge in [0.05, 0.1) is 4.92 Å². The van der Waals surface area contributed by atoms with Gasteiger partial charge in [-0.25, -0.2) is 4.99 Å². The van der Waals surface area contributed by atoms with Gasteiger partial charge in [-0.2, -0.15) is 0 Å². The molecule has 0 bridgehead atoms. The summed E-state index contributed by atoms with van der Waals surface area (Å²) in [5.74, 6) is 0.152. The van der Waals surface area contributed by atoms with E-state index in [-0.39, 0.29) is 17.3 Å². The molecule has 114 valence electrons. The van der Waals surface area contributed by atoms with E-state index in [1.54, 1.807) is 12.1 Å². The second-order valence-electron chi connectivity index (χ2n) is 5.16. The van der Waals surface area contributed by atoms with E-state index in [1.807, 2.05) is 31.2 Å². The number of nitrogens with one attached hydrogen (secondary N) is 1. The number of hydrogen-bond acceptors (Lipinski definition) is 4. The predicted octanol–water partition coefficient (Wildman–Crippen LogP) is 2.82. The van der Waals surface area contributed by atoms with E-state index in [0.29, 0.717) is 11.4 Å². The first-order chi connectivity index (χ1) is 11.0. The van der Waals surface area contributed by atoms with Gasteiger partial charge in [0.25, 0.3) is 11.6 Å². The van der Waals surface area contributed by atoms with Gasteiger partial charge >= 0.3 is 0 Å². The van der Waals surface area contributed by atoms with Crippen LogP contribution in [0.5, 0.6) is 0 Å². The molecule has 6 nitrogen and oxygen atoms in total. The SMILES string of the molecule is Cc1ccc(C2=NC(=Cc3cccc([N+](=O)[O-])c3)C(=O)N2)cc1. The molecule has 23 heavy (non-hydrogen) atoms. The number of nitrogens with zero attached hydrogens (tertiary/aromatic N) is 2. The Hall–Kier alpha value is -3.28. The van der Waals surface area contributed by atoms with Gasteiger partial charge in [0.2, 0.25) is 0 Å². The second-order valence-corrected chi connectivity index (χ2v) is 5.16. The van der Waals surface area contributed by atoms with Gasteiger partial charge in [-0.05, 0) is 18.6 Å². The van der Waals surface area contributed by atoms with Crippen molar-refractivity contribution in [3.63, 3.8) is 0 Å². The smallest absolute Gasteiger partial charge is 0.275 e. The highest BCUT2D eigenvalue weighted by molar-refractivity contribution is 6.19. The Morgan fingerprint density at radius 1 is 1.17 bits per heavy atom. The zero-order chi connectivity index (χ0) is 16.4. The van der Waals surface area contributed by atoms with E-state index in [9.17, 15) is 14.9 Å². The maximum absolute atomic E-state index is 12.0. The molecule has 0 atom stereocenters. The fourth-order valence-corrected chi connectivity index (χ4v) is 2.20. The average molecular weight is 307 g/mol. The van der Waals surface area contributed by atoms with Gasteiger partial charge in [0.1, 0.15) is 11.5 Å². The average Bonchev–Trinajstić information content (AvgIpc) is 2.89. The second kappa shape index (κ2) is 5.84. The molecule has 0 aliphatic carbocycles. The van der Waals surface area contributed by atoms with Crippen molar-refractivity contribution in [1.82, 2.24) is 5.32 Å². The summed E-state index contributed by atoms with van der Waals surface area (Å²) >= 11 is 0. The van der Waals surface area contributed by atoms with E-state index in [4.69, 9.17) is 0 Å². The van der Waals surface area contributed by atoms with Crippen molar-refractivity contribution < 1.29 is 9.72 Å². The van der Waals surface area contributed by atoms with Crippen LogP contribution in [0.3, 0.4) is 0 Å². The first-order valence-electron chi connectivity index (χ1n) is 6.96. The number of amidine groups is 1. The summed E-state index contributed by atoms with van der Waals surface area (Å²) in [7, 11) is 0. The summed E-state index contributed by atoms with van der Waals surface area (Å²) < 4.78 is 0. The van der Waals surface area contributed by atoms with Crippen LogP contribution in [-0.2, 0) is 4.79 Å². The van der Waals surface area contributed by atoms with Crippen molar-refractivity contribution in [2.24, 2.45) is 4.99 Å². The van der Waals surface area contributed by atoms with Gasteiger partial charge in [-0.3, -0.25) is 14.9 Å². The summed E-state index contributed by atoms with van der Waals surface area (Å²) in [4.78, 5) is 26.6. The number of aliphatic imine (C=N–C) groups is 1. The minimum absolute atomic E-state index is 0.0273. The monoisotopic (exact) mass is 307 g/mol. The number of nitro benzene ring substituents is 1. The molecule has 1 heterocycles. The predicted molar refractivity (Wildman–Crippen MR) is 86.9 cm³/mol. The molecule has 3 rings (SSSR count). The molecular weight excluding hydrogens is 294 g/mol. The highest BCUT2D eigenvalue weighted by Crippen LogP contribution is 2.19. The Kier molecular flexibility index (Phi) is 3.72. The number of aryl methyl sites for hydroxylation is 1. The summed E-state index contributed by atoms with van der Waals surface area (Å²) in [5.41, 5.74) is 2.68. The molecule has 1 N–H and O–H groups in total. The minimum Gasteiger partial charge on any atom is -0.305 e. The van der Waals surface area contributed by atoms with Crippen molar-refractivity contribution in [3.05, 3.63) is 81.0 Å². The van der Waals surface area contributed by atoms with E-state index >= 15 is 0 Å². The molecule has 0 aromatic heterocycles. The maximum Gasteiger partial charge on any atom is 0.275 e. The van der Waals surface area contributed by atoms with Gasteiger partial charge in [-0.1, -0.05) is 42.0 Å². The molecule has 6 heteroatoms. The van der Waals surface area contributed by atoms with Crippen LogP contribution < -0.4 is 5.32 Å². The maximum atomic E-state index is 12.0. The summed E-state index contributed by atoms with van der Waals surface area (Å²) in [5, 5.41) is 13.5. The van der Waals surface area contributed by atoms with Gasteiger partial charge < -0.3 is 5.32 Å². The van der Waals surface area contributed by atoms with Crippen molar-refractivity contribution in [2.75, 3.05) is 0 Å². The molecule has 2 aromatic carbocycles. The van der Waals surface area contributed by atoms with Crippen LogP contribution in [0.25, 0.3) is 6.08 Å². The number of benzene rings is 2. The van der Waals surface area contributed by atoms with Crippen molar-refractivity contribution in [3.8, 4) is 0 Å². The fourth-order valence-electron chi connectivity index (χ4n) is 2.20. The zero-order valence-electron chi connectivity index (χ0n) is 12.3. The van der Waals surface area contributed by atoms with E-state index in [1.165, 1.54) is 18.2 Å². The topological polar surface area (TPSA) is 84.6 Å². The Morgan fingerprint density at radius 3 is 2.61 bits per heavy atom. The number of rotatable bonds is 3. The summed E-state index contributed by atoms with van der Waals surface area (Å²) in [6, 6.07) is 13.7. The largest absolute Gasteiger partial charge is 0.305 e. The molecule has 1 amide bonds. The normalized spacial score (nSPS) is 15.4. The van der Waals surface area contributed by atoms with Crippen LogP contribution in [0, 0.1) is 17.0 Å². The van der Waals surface area contributed by atoms with Crippen LogP contribution in [0.1, 0.15) is 16.7 Å². The standard InChI is InChI=1S/C17H13N3O3/c1-11-5-7-13(8-6-11)16-18-15(17(21)19-16)10-12-3-2-4-14(9-12)20(22)23/h2-10H,1H3,(H,18,19,21). The number of amides is 1. The van der Waals surface area contributed by atoms with Gasteiger partial charge in [-0.15, -0.1) is 0 Å². The first-order valence-corrected chi connectivity index (χ1v) is 6.96. The van der Waals surface area contributed by atoms with Crippen LogP contribution >= 0.6 is 0 Å². The van der Waals surface area contributed by atoms with E-state index < -0.39 is 4.92 Å². The van der Waals surface area contributed by atoms with E-state index in [2.05, 4.69) is 10.3 Å². The summed E-state index contributed by atoms with van der Waals surface area (Å²) in [6.45, 7) is 1.98. The molecule has 2 aromatic rings. The number of non-ortho nitro benzene ring substituents is 1. The third-order valence-corrected chi connectivity index (χ3v) is 3.41. The molecule has 0 saturated heterocycles. The lowest BCUT2D eigenvalue weighted by Gasteiger charge is -2.00. The molecule has 0 saturated carbocycles. The first kappa shape index (κ1) is 14.6. The quantitative estimate of drug-likeness (QED) is 0.537. The fraction of sp³-hybridized carbons (Fsp3) is 0.0588. The van der Waals surface area contributed by atoms with Crippen molar-refractivity contribution >= 4 is 23.5 Å². The Labute approximate surface area is 132 Å². The molecule has 1 aliphatic heterocycles. The Balaban J connectivity index is 1.93. The highest BCUT2D eigenvalue weighted by Gasteiger charge is 2.21. The third-order valence-electron chi connectivity index (χ3n) is 3.41. The molecule has 0 spiro atoms. The number of carbonyl (C=O) groups is 1. The van der Waals surface area contributed by atoms with E-state index in [0.717, 1.165) is 11.1 Å². The van der Waals surface area contributed by atoms with Gasteiger partial charge in [0, 0.05) is 17.7 Å².